The minimum absolute atomic E-state index is 0.0748. The summed E-state index contributed by atoms with van der Waals surface area (Å²) in [6, 6.07) is 8.45. The number of benzene rings is 1. The van der Waals surface area contributed by atoms with Gasteiger partial charge in [0.1, 0.15) is 5.84 Å². The first-order valence-corrected chi connectivity index (χ1v) is 5.40. The second-order valence-electron chi connectivity index (χ2n) is 5.16. The molecule has 0 aromatic heterocycles. The Labute approximate surface area is 91.2 Å². The molecule has 1 aromatic carbocycles. The maximum atomic E-state index is 6.03. The van der Waals surface area contributed by atoms with Crippen molar-refractivity contribution in [2.24, 2.45) is 10.7 Å². The zero-order valence-corrected chi connectivity index (χ0v) is 9.62. The van der Waals surface area contributed by atoms with Gasteiger partial charge in [-0.25, -0.2) is 0 Å². The van der Waals surface area contributed by atoms with Crippen LogP contribution in [0.25, 0.3) is 0 Å². The third-order valence-electron chi connectivity index (χ3n) is 2.68. The van der Waals surface area contributed by atoms with E-state index in [1.54, 1.807) is 0 Å². The first kappa shape index (κ1) is 10.2. The normalized spacial score (nSPS) is 20.7. The number of hydrogen-bond donors (Lipinski definition) is 1. The van der Waals surface area contributed by atoms with Crippen LogP contribution in [-0.2, 0) is 6.42 Å². The largest absolute Gasteiger partial charge is 0.387 e. The molecule has 80 valence electrons. The molecule has 0 saturated heterocycles. The molecule has 0 bridgehead atoms. The molecule has 0 spiro atoms. The van der Waals surface area contributed by atoms with Crippen molar-refractivity contribution in [3.8, 4) is 0 Å². The van der Waals surface area contributed by atoms with Gasteiger partial charge in [0.05, 0.1) is 5.54 Å². The van der Waals surface area contributed by atoms with Crippen LogP contribution in [0.3, 0.4) is 0 Å². The van der Waals surface area contributed by atoms with Gasteiger partial charge in [-0.3, -0.25) is 4.99 Å². The molecule has 0 heterocycles. The van der Waals surface area contributed by atoms with Gasteiger partial charge in [0.2, 0.25) is 0 Å². The first-order valence-electron chi connectivity index (χ1n) is 5.40. The lowest BCUT2D eigenvalue weighted by Crippen LogP contribution is -2.33. The van der Waals surface area contributed by atoms with E-state index in [-0.39, 0.29) is 5.54 Å². The lowest BCUT2D eigenvalue weighted by atomic mass is 9.77. The van der Waals surface area contributed by atoms with Crippen LogP contribution >= 0.6 is 0 Å². The Bertz CT molecular complexity index is 399. The van der Waals surface area contributed by atoms with Crippen molar-refractivity contribution in [1.82, 2.24) is 0 Å². The van der Waals surface area contributed by atoms with Crippen molar-refractivity contribution in [2.45, 2.75) is 38.6 Å². The van der Waals surface area contributed by atoms with Gasteiger partial charge in [-0.05, 0) is 38.3 Å². The van der Waals surface area contributed by atoms with Gasteiger partial charge in [0.25, 0.3) is 0 Å². The minimum Gasteiger partial charge on any atom is -0.387 e. The van der Waals surface area contributed by atoms with Crippen molar-refractivity contribution in [3.05, 3.63) is 35.4 Å². The molecule has 2 rings (SSSR count). The van der Waals surface area contributed by atoms with E-state index in [1.165, 1.54) is 11.1 Å². The van der Waals surface area contributed by atoms with Crippen LogP contribution in [-0.4, -0.2) is 11.4 Å². The fourth-order valence-corrected chi connectivity index (χ4v) is 1.99. The molecule has 0 radical (unpaired) electrons. The average Bonchev–Trinajstić information content (AvgIpc) is 2.03. The molecule has 2 heteroatoms. The summed E-state index contributed by atoms with van der Waals surface area (Å²) in [6.07, 6.45) is 1.04. The number of hydrogen-bond acceptors (Lipinski definition) is 1. The molecule has 1 aromatic rings. The molecule has 0 saturated carbocycles. The standard InChI is InChI=1S/C13H18N2/c1-13(2,3)15-12(14)11-8-9-6-4-5-7-10(9)11/h4-7,11H,8H2,1-3H3,(H2,14,15). The van der Waals surface area contributed by atoms with E-state index in [4.69, 9.17) is 5.73 Å². The Morgan fingerprint density at radius 2 is 2.00 bits per heavy atom. The zero-order chi connectivity index (χ0) is 11.1. The van der Waals surface area contributed by atoms with Crippen molar-refractivity contribution in [1.29, 1.82) is 0 Å². The van der Waals surface area contributed by atoms with Gasteiger partial charge in [-0.15, -0.1) is 0 Å². The van der Waals surface area contributed by atoms with Crippen molar-refractivity contribution in [2.75, 3.05) is 0 Å². The second kappa shape index (κ2) is 3.37. The summed E-state index contributed by atoms with van der Waals surface area (Å²) in [5.74, 6) is 1.13. The molecular weight excluding hydrogens is 184 g/mol. The number of nitrogens with two attached hydrogens (primary N) is 1. The van der Waals surface area contributed by atoms with Gasteiger partial charge in [-0.1, -0.05) is 24.3 Å². The van der Waals surface area contributed by atoms with Gasteiger partial charge in [0.15, 0.2) is 0 Å². The summed E-state index contributed by atoms with van der Waals surface area (Å²) >= 11 is 0. The monoisotopic (exact) mass is 202 g/mol. The third kappa shape index (κ3) is 2.04. The highest BCUT2D eigenvalue weighted by Gasteiger charge is 2.29. The quantitative estimate of drug-likeness (QED) is 0.551. The Morgan fingerprint density at radius 3 is 2.60 bits per heavy atom. The Balaban J connectivity index is 2.21. The summed E-state index contributed by atoms with van der Waals surface area (Å²) in [5.41, 5.74) is 8.72. The van der Waals surface area contributed by atoms with Crippen molar-refractivity contribution in [3.63, 3.8) is 0 Å². The van der Waals surface area contributed by atoms with Crippen LogP contribution in [0.2, 0.25) is 0 Å². The molecule has 2 N–H and O–H groups in total. The Kier molecular flexibility index (Phi) is 2.29. The fraction of sp³-hybridized carbons (Fsp3) is 0.462. The van der Waals surface area contributed by atoms with Crippen molar-refractivity contribution < 1.29 is 0 Å². The van der Waals surface area contributed by atoms with Crippen LogP contribution in [0.15, 0.2) is 29.3 Å². The summed E-state index contributed by atoms with van der Waals surface area (Å²) in [6.45, 7) is 6.22. The predicted molar refractivity (Wildman–Crippen MR) is 64.3 cm³/mol. The molecule has 0 amide bonds. The van der Waals surface area contributed by atoms with Crippen LogP contribution in [0.1, 0.15) is 37.8 Å². The summed E-state index contributed by atoms with van der Waals surface area (Å²) < 4.78 is 0. The zero-order valence-electron chi connectivity index (χ0n) is 9.62. The molecule has 2 nitrogen and oxygen atoms in total. The SMILES string of the molecule is CC(C)(C)N=C(N)C1Cc2ccccc21. The van der Waals surface area contributed by atoms with E-state index in [0.29, 0.717) is 5.92 Å². The molecular formula is C13H18N2. The van der Waals surface area contributed by atoms with Crippen LogP contribution < -0.4 is 5.73 Å². The highest BCUT2D eigenvalue weighted by molar-refractivity contribution is 5.90. The van der Waals surface area contributed by atoms with E-state index in [9.17, 15) is 0 Å². The lowest BCUT2D eigenvalue weighted by molar-refractivity contribution is 0.574. The van der Waals surface area contributed by atoms with Crippen LogP contribution in [0.4, 0.5) is 0 Å². The number of rotatable bonds is 1. The molecule has 0 aliphatic heterocycles. The lowest BCUT2D eigenvalue weighted by Gasteiger charge is -2.30. The van der Waals surface area contributed by atoms with Crippen molar-refractivity contribution >= 4 is 5.84 Å². The first-order chi connectivity index (χ1) is 6.97. The van der Waals surface area contributed by atoms with E-state index >= 15 is 0 Å². The van der Waals surface area contributed by atoms with E-state index in [2.05, 4.69) is 50.0 Å². The maximum absolute atomic E-state index is 6.03. The number of nitrogens with zero attached hydrogens (tertiary/aromatic N) is 1. The predicted octanol–water partition coefficient (Wildman–Crippen LogP) is 2.48. The van der Waals surface area contributed by atoms with E-state index in [1.807, 2.05) is 0 Å². The van der Waals surface area contributed by atoms with E-state index < -0.39 is 0 Å². The highest BCUT2D eigenvalue weighted by atomic mass is 14.9. The number of amidine groups is 1. The Morgan fingerprint density at radius 1 is 1.33 bits per heavy atom. The highest BCUT2D eigenvalue weighted by Crippen LogP contribution is 2.35. The van der Waals surface area contributed by atoms with Gasteiger partial charge < -0.3 is 5.73 Å². The molecule has 0 fully saturated rings. The summed E-state index contributed by atoms with van der Waals surface area (Å²) in [4.78, 5) is 4.52. The van der Waals surface area contributed by atoms with Gasteiger partial charge in [-0.2, -0.15) is 0 Å². The second-order valence-corrected chi connectivity index (χ2v) is 5.16. The van der Waals surface area contributed by atoms with Gasteiger partial charge in [0, 0.05) is 5.92 Å². The van der Waals surface area contributed by atoms with Crippen LogP contribution in [0, 0.1) is 0 Å². The molecule has 1 aliphatic carbocycles. The average molecular weight is 202 g/mol. The molecule has 1 atom stereocenters. The van der Waals surface area contributed by atoms with E-state index in [0.717, 1.165) is 12.3 Å². The summed E-state index contributed by atoms with van der Waals surface area (Å²) in [5, 5.41) is 0. The maximum Gasteiger partial charge on any atom is 0.102 e. The topological polar surface area (TPSA) is 38.4 Å². The molecule has 1 aliphatic rings. The smallest absolute Gasteiger partial charge is 0.102 e. The third-order valence-corrected chi connectivity index (χ3v) is 2.68. The molecule has 15 heavy (non-hydrogen) atoms. The minimum atomic E-state index is -0.0748. The number of aliphatic imine (C=N–C) groups is 1. The van der Waals surface area contributed by atoms with Crippen LogP contribution in [0.5, 0.6) is 0 Å². The number of fused-ring (bicyclic) bond motifs is 1. The Hall–Kier alpha value is -1.31. The van der Waals surface area contributed by atoms with Gasteiger partial charge >= 0.3 is 0 Å². The fourth-order valence-electron chi connectivity index (χ4n) is 1.99. The molecule has 1 unspecified atom stereocenters. The summed E-state index contributed by atoms with van der Waals surface area (Å²) in [7, 11) is 0.